The Labute approximate surface area is 145 Å². The maximum atomic E-state index is 12.4. The second-order valence-electron chi connectivity index (χ2n) is 5.74. The van der Waals surface area contributed by atoms with E-state index in [0.29, 0.717) is 24.4 Å². The van der Waals surface area contributed by atoms with Crippen LogP contribution in [0.3, 0.4) is 0 Å². The third-order valence-electron chi connectivity index (χ3n) is 3.82. The predicted molar refractivity (Wildman–Crippen MR) is 94.7 cm³/mol. The van der Waals surface area contributed by atoms with Gasteiger partial charge in [0.2, 0.25) is 15.9 Å². The predicted octanol–water partition coefficient (Wildman–Crippen LogP) is 2.32. The summed E-state index contributed by atoms with van der Waals surface area (Å²) in [7, 11) is -2.07. The Kier molecular flexibility index (Phi) is 8.21. The second-order valence-corrected chi connectivity index (χ2v) is 7.48. The number of sulfonamides is 1. The highest BCUT2D eigenvalue weighted by molar-refractivity contribution is 7.89. The van der Waals surface area contributed by atoms with E-state index in [1.54, 1.807) is 24.0 Å². The molecule has 1 amide bonds. The summed E-state index contributed by atoms with van der Waals surface area (Å²) in [6, 6.07) is 4.83. The molecule has 1 rings (SSSR count). The highest BCUT2D eigenvalue weighted by Gasteiger charge is 2.17. The molecular weight excluding hydrogens is 328 g/mol. The minimum absolute atomic E-state index is 0.0362. The zero-order chi connectivity index (χ0) is 18.2. The highest BCUT2D eigenvalue weighted by Crippen LogP contribution is 2.20. The minimum Gasteiger partial charge on any atom is -0.497 e. The first-order chi connectivity index (χ1) is 11.3. The van der Waals surface area contributed by atoms with Crippen LogP contribution in [0, 0.1) is 6.92 Å². The Hall–Kier alpha value is -1.60. The van der Waals surface area contributed by atoms with Crippen molar-refractivity contribution in [1.29, 1.82) is 0 Å². The number of methoxy groups -OCH3 is 1. The molecule has 0 heterocycles. The van der Waals surface area contributed by atoms with E-state index < -0.39 is 10.0 Å². The van der Waals surface area contributed by atoms with E-state index in [0.717, 1.165) is 19.3 Å². The van der Waals surface area contributed by atoms with Gasteiger partial charge in [0.05, 0.1) is 12.0 Å². The lowest BCUT2D eigenvalue weighted by Gasteiger charge is -2.21. The first kappa shape index (κ1) is 20.4. The molecule has 0 saturated heterocycles. The van der Waals surface area contributed by atoms with Gasteiger partial charge in [-0.25, -0.2) is 13.1 Å². The van der Waals surface area contributed by atoms with Gasteiger partial charge in [-0.3, -0.25) is 4.79 Å². The fraction of sp³-hybridized carbons (Fsp3) is 0.588. The molecule has 0 aliphatic rings. The Balaban J connectivity index is 2.65. The summed E-state index contributed by atoms with van der Waals surface area (Å²) in [6.45, 7) is 6.56. The van der Waals surface area contributed by atoms with Gasteiger partial charge in [-0.1, -0.05) is 19.8 Å². The molecule has 0 fully saturated rings. The number of benzene rings is 1. The molecule has 1 N–H and O–H groups in total. The maximum Gasteiger partial charge on any atom is 0.240 e. The molecule has 0 bridgehead atoms. The van der Waals surface area contributed by atoms with Crippen LogP contribution in [0.25, 0.3) is 0 Å². The van der Waals surface area contributed by atoms with E-state index in [2.05, 4.69) is 11.6 Å². The van der Waals surface area contributed by atoms with Crippen molar-refractivity contribution in [3.63, 3.8) is 0 Å². The van der Waals surface area contributed by atoms with E-state index in [-0.39, 0.29) is 17.3 Å². The number of carbonyl (C=O) groups excluding carboxylic acids is 1. The zero-order valence-corrected chi connectivity index (χ0v) is 15.8. The van der Waals surface area contributed by atoms with Gasteiger partial charge >= 0.3 is 0 Å². The molecule has 24 heavy (non-hydrogen) atoms. The Bertz CT molecular complexity index is 644. The molecule has 0 unspecified atom stereocenters. The van der Waals surface area contributed by atoms with Crippen molar-refractivity contribution < 1.29 is 17.9 Å². The molecule has 0 saturated carbocycles. The van der Waals surface area contributed by atoms with Crippen molar-refractivity contribution in [2.24, 2.45) is 0 Å². The lowest BCUT2D eigenvalue weighted by Crippen LogP contribution is -2.38. The summed E-state index contributed by atoms with van der Waals surface area (Å²) < 4.78 is 32.5. The molecule has 0 aromatic heterocycles. The van der Waals surface area contributed by atoms with Gasteiger partial charge in [-0.2, -0.15) is 0 Å². The average Bonchev–Trinajstić information content (AvgIpc) is 2.52. The number of amides is 1. The number of nitrogens with zero attached hydrogens (tertiary/aromatic N) is 1. The van der Waals surface area contributed by atoms with Crippen molar-refractivity contribution >= 4 is 15.9 Å². The summed E-state index contributed by atoms with van der Waals surface area (Å²) in [5.41, 5.74) is 0.619. The molecule has 7 heteroatoms. The maximum absolute atomic E-state index is 12.4. The van der Waals surface area contributed by atoms with Crippen molar-refractivity contribution in [1.82, 2.24) is 9.62 Å². The second kappa shape index (κ2) is 9.64. The van der Waals surface area contributed by atoms with Crippen LogP contribution < -0.4 is 9.46 Å². The summed E-state index contributed by atoms with van der Waals surface area (Å²) in [5.74, 6) is 0.580. The lowest BCUT2D eigenvalue weighted by atomic mass is 10.2. The average molecular weight is 356 g/mol. The third kappa shape index (κ3) is 6.13. The molecule has 136 valence electrons. The van der Waals surface area contributed by atoms with Crippen molar-refractivity contribution in [3.05, 3.63) is 23.8 Å². The van der Waals surface area contributed by atoms with Crippen molar-refractivity contribution in [2.75, 3.05) is 26.7 Å². The smallest absolute Gasteiger partial charge is 0.240 e. The zero-order valence-electron chi connectivity index (χ0n) is 15.0. The summed E-state index contributed by atoms with van der Waals surface area (Å²) in [6.07, 6.45) is 3.07. The topological polar surface area (TPSA) is 75.7 Å². The Morgan fingerprint density at radius 1 is 1.25 bits per heavy atom. The minimum atomic E-state index is -3.61. The third-order valence-corrected chi connectivity index (χ3v) is 5.44. The van der Waals surface area contributed by atoms with Gasteiger partial charge in [-0.05, 0) is 37.1 Å². The molecule has 0 spiro atoms. The Morgan fingerprint density at radius 2 is 1.96 bits per heavy atom. The van der Waals surface area contributed by atoms with Crippen LogP contribution >= 0.6 is 0 Å². The van der Waals surface area contributed by atoms with E-state index in [1.165, 1.54) is 20.1 Å². The van der Waals surface area contributed by atoms with Gasteiger partial charge in [0.25, 0.3) is 0 Å². The van der Waals surface area contributed by atoms with Crippen LogP contribution in [0.2, 0.25) is 0 Å². The van der Waals surface area contributed by atoms with Crippen molar-refractivity contribution in [2.45, 2.75) is 44.9 Å². The fourth-order valence-corrected chi connectivity index (χ4v) is 3.67. The standard InChI is InChI=1S/C17H28N2O4S/c1-5-6-7-11-19(15(3)20)12-10-18-24(21,22)17-9-8-16(23-4)13-14(17)2/h8-9,13,18H,5-7,10-12H2,1-4H3. The van der Waals surface area contributed by atoms with Crippen LogP contribution in [0.4, 0.5) is 0 Å². The molecule has 6 nitrogen and oxygen atoms in total. The Morgan fingerprint density at radius 3 is 2.50 bits per heavy atom. The van der Waals surface area contributed by atoms with Crippen LogP contribution in [0.15, 0.2) is 23.1 Å². The largest absolute Gasteiger partial charge is 0.497 e. The number of aryl methyl sites for hydroxylation is 1. The van der Waals surface area contributed by atoms with Crippen LogP contribution in [-0.4, -0.2) is 46.0 Å². The molecular formula is C17H28N2O4S. The van der Waals surface area contributed by atoms with E-state index in [1.807, 2.05) is 0 Å². The summed E-state index contributed by atoms with van der Waals surface area (Å²) >= 11 is 0. The number of unbranched alkanes of at least 4 members (excludes halogenated alkanes) is 2. The lowest BCUT2D eigenvalue weighted by molar-refractivity contribution is -0.128. The van der Waals surface area contributed by atoms with Gasteiger partial charge in [0.15, 0.2) is 0 Å². The van der Waals surface area contributed by atoms with Crippen LogP contribution in [0.5, 0.6) is 5.75 Å². The molecule has 0 aliphatic carbocycles. The van der Waals surface area contributed by atoms with Gasteiger partial charge in [0, 0.05) is 26.6 Å². The fourth-order valence-electron chi connectivity index (χ4n) is 2.42. The highest BCUT2D eigenvalue weighted by atomic mass is 32.2. The number of nitrogens with one attached hydrogen (secondary N) is 1. The van der Waals surface area contributed by atoms with Gasteiger partial charge < -0.3 is 9.64 Å². The quantitative estimate of drug-likeness (QED) is 0.653. The molecule has 1 aromatic rings. The van der Waals surface area contributed by atoms with E-state index in [9.17, 15) is 13.2 Å². The summed E-state index contributed by atoms with van der Waals surface area (Å²) in [4.78, 5) is 13.5. The van der Waals surface area contributed by atoms with E-state index >= 15 is 0 Å². The van der Waals surface area contributed by atoms with Gasteiger partial charge in [0.1, 0.15) is 5.75 Å². The van der Waals surface area contributed by atoms with Crippen LogP contribution in [-0.2, 0) is 14.8 Å². The number of hydrogen-bond acceptors (Lipinski definition) is 4. The molecule has 1 aromatic carbocycles. The molecule has 0 aliphatic heterocycles. The van der Waals surface area contributed by atoms with Gasteiger partial charge in [-0.15, -0.1) is 0 Å². The normalized spacial score (nSPS) is 11.3. The van der Waals surface area contributed by atoms with E-state index in [4.69, 9.17) is 4.74 Å². The number of rotatable bonds is 10. The number of hydrogen-bond donors (Lipinski definition) is 1. The monoisotopic (exact) mass is 356 g/mol. The first-order valence-corrected chi connectivity index (χ1v) is 9.70. The SMILES string of the molecule is CCCCCN(CCNS(=O)(=O)c1ccc(OC)cc1C)C(C)=O. The molecule has 0 atom stereocenters. The number of carbonyl (C=O) groups is 1. The van der Waals surface area contributed by atoms with Crippen LogP contribution in [0.1, 0.15) is 38.7 Å². The molecule has 0 radical (unpaired) electrons. The first-order valence-electron chi connectivity index (χ1n) is 8.21. The van der Waals surface area contributed by atoms with Crippen molar-refractivity contribution in [3.8, 4) is 5.75 Å². The number of ether oxygens (including phenoxy) is 1. The summed E-state index contributed by atoms with van der Waals surface area (Å²) in [5, 5.41) is 0.